The van der Waals surface area contributed by atoms with Gasteiger partial charge in [0.15, 0.2) is 0 Å². The Labute approximate surface area is 111 Å². The zero-order valence-electron chi connectivity index (χ0n) is 11.3. The van der Waals surface area contributed by atoms with Gasteiger partial charge in [-0.25, -0.2) is 0 Å². The normalized spacial score (nSPS) is 12.4. The smallest absolute Gasteiger partial charge is 0.320 e. The second-order valence-corrected chi connectivity index (χ2v) is 5.10. The summed E-state index contributed by atoms with van der Waals surface area (Å²) in [4.78, 5) is 10.8. The first-order valence-electron chi connectivity index (χ1n) is 6.92. The van der Waals surface area contributed by atoms with E-state index in [-0.39, 0.29) is 11.8 Å². The summed E-state index contributed by atoms with van der Waals surface area (Å²) in [5.41, 5.74) is 0. The lowest BCUT2D eigenvalue weighted by Gasteiger charge is -2.11. The molecule has 0 aromatic heterocycles. The number of esters is 1. The number of unbranched alkanes of at least 4 members (excludes halogenated alkanes) is 6. The summed E-state index contributed by atoms with van der Waals surface area (Å²) in [6.45, 7) is 4.88. The van der Waals surface area contributed by atoms with Crippen LogP contribution in [0.1, 0.15) is 65.2 Å². The van der Waals surface area contributed by atoms with Crippen molar-refractivity contribution >= 4 is 17.6 Å². The molecule has 0 rings (SSSR count). The van der Waals surface area contributed by atoms with Crippen molar-refractivity contribution in [2.45, 2.75) is 65.2 Å². The lowest BCUT2D eigenvalue weighted by Crippen LogP contribution is -2.12. The third kappa shape index (κ3) is 12.0. The van der Waals surface area contributed by atoms with Gasteiger partial charge in [0.25, 0.3) is 0 Å². The van der Waals surface area contributed by atoms with Crippen molar-refractivity contribution < 1.29 is 9.53 Å². The lowest BCUT2D eigenvalue weighted by molar-refractivity contribution is -0.141. The molecule has 0 aliphatic heterocycles. The summed E-state index contributed by atoms with van der Waals surface area (Å²) < 4.78 is 4.99. The molecule has 2 nitrogen and oxygen atoms in total. The first-order chi connectivity index (χ1) is 8.20. The summed E-state index contributed by atoms with van der Waals surface area (Å²) in [5, 5.41) is 0. The van der Waals surface area contributed by atoms with Crippen molar-refractivity contribution in [2.24, 2.45) is 5.92 Å². The third-order valence-corrected chi connectivity index (χ3v) is 3.16. The van der Waals surface area contributed by atoms with Gasteiger partial charge >= 0.3 is 5.97 Å². The first kappa shape index (κ1) is 16.8. The van der Waals surface area contributed by atoms with E-state index in [0.29, 0.717) is 12.5 Å². The molecule has 3 heteroatoms. The van der Waals surface area contributed by atoms with E-state index in [4.69, 9.17) is 16.3 Å². The van der Waals surface area contributed by atoms with Crippen molar-refractivity contribution in [3.63, 3.8) is 0 Å². The number of ether oxygens (including phenoxy) is 1. The fraction of sp³-hybridized carbons (Fsp3) is 0.929. The van der Waals surface area contributed by atoms with Crippen LogP contribution in [-0.2, 0) is 9.53 Å². The molecule has 0 saturated heterocycles. The maximum atomic E-state index is 10.8. The van der Waals surface area contributed by atoms with Gasteiger partial charge in [0.2, 0.25) is 0 Å². The number of halogens is 1. The second kappa shape index (κ2) is 12.2. The number of hydrogen-bond donors (Lipinski definition) is 0. The van der Waals surface area contributed by atoms with Gasteiger partial charge in [-0.05, 0) is 12.3 Å². The van der Waals surface area contributed by atoms with Gasteiger partial charge in [-0.3, -0.25) is 4.79 Å². The Balaban J connectivity index is 3.21. The minimum atomic E-state index is -0.307. The molecule has 17 heavy (non-hydrogen) atoms. The Morgan fingerprint density at radius 1 is 1.12 bits per heavy atom. The summed E-state index contributed by atoms with van der Waals surface area (Å²) >= 11 is 5.35. The summed E-state index contributed by atoms with van der Waals surface area (Å²) in [5.74, 6) is 0.111. The monoisotopic (exact) mass is 262 g/mol. The molecule has 1 atom stereocenters. The minimum Gasteiger partial charge on any atom is -0.465 e. The topological polar surface area (TPSA) is 26.3 Å². The molecule has 0 saturated carbocycles. The van der Waals surface area contributed by atoms with Crippen LogP contribution in [-0.4, -0.2) is 18.5 Å². The molecule has 0 spiro atoms. The van der Waals surface area contributed by atoms with Crippen LogP contribution in [0.5, 0.6) is 0 Å². The van der Waals surface area contributed by atoms with E-state index in [9.17, 15) is 4.79 Å². The van der Waals surface area contributed by atoms with E-state index in [0.717, 1.165) is 6.42 Å². The number of carbonyl (C=O) groups is 1. The van der Waals surface area contributed by atoms with Crippen molar-refractivity contribution in [2.75, 3.05) is 12.5 Å². The SMILES string of the molecule is CCCCCCCCCC(C)COC(=O)CCl. The molecular weight excluding hydrogens is 236 g/mol. The highest BCUT2D eigenvalue weighted by atomic mass is 35.5. The Hall–Kier alpha value is -0.240. The van der Waals surface area contributed by atoms with Gasteiger partial charge < -0.3 is 4.74 Å². The minimum absolute atomic E-state index is 0.0376. The molecule has 0 aliphatic carbocycles. The van der Waals surface area contributed by atoms with Crippen LogP contribution in [0.15, 0.2) is 0 Å². The molecule has 0 aliphatic rings. The van der Waals surface area contributed by atoms with Crippen LogP contribution in [0, 0.1) is 5.92 Å². The van der Waals surface area contributed by atoms with E-state index >= 15 is 0 Å². The quantitative estimate of drug-likeness (QED) is 0.310. The number of alkyl halides is 1. The Morgan fingerprint density at radius 2 is 1.71 bits per heavy atom. The summed E-state index contributed by atoms with van der Waals surface area (Å²) in [6.07, 6.45) is 10.4. The van der Waals surface area contributed by atoms with Crippen molar-refractivity contribution in [1.29, 1.82) is 0 Å². The maximum absolute atomic E-state index is 10.8. The molecule has 0 aromatic rings. The number of carbonyl (C=O) groups excluding carboxylic acids is 1. The fourth-order valence-electron chi connectivity index (χ4n) is 1.81. The highest BCUT2D eigenvalue weighted by molar-refractivity contribution is 6.26. The van der Waals surface area contributed by atoms with Gasteiger partial charge in [-0.1, -0.05) is 58.8 Å². The molecule has 102 valence electrons. The zero-order valence-corrected chi connectivity index (χ0v) is 12.1. The molecule has 0 fully saturated rings. The molecule has 0 aromatic carbocycles. The van der Waals surface area contributed by atoms with Crippen LogP contribution in [0.3, 0.4) is 0 Å². The van der Waals surface area contributed by atoms with Crippen LogP contribution < -0.4 is 0 Å². The molecule has 1 unspecified atom stereocenters. The van der Waals surface area contributed by atoms with E-state index in [1.54, 1.807) is 0 Å². The third-order valence-electron chi connectivity index (χ3n) is 2.94. The van der Waals surface area contributed by atoms with E-state index < -0.39 is 0 Å². The number of hydrogen-bond acceptors (Lipinski definition) is 2. The largest absolute Gasteiger partial charge is 0.465 e. The molecule has 0 N–H and O–H groups in total. The van der Waals surface area contributed by atoms with E-state index in [2.05, 4.69) is 13.8 Å². The van der Waals surface area contributed by atoms with Gasteiger partial charge in [0.05, 0.1) is 6.61 Å². The molecule has 0 heterocycles. The van der Waals surface area contributed by atoms with Crippen LogP contribution in [0.4, 0.5) is 0 Å². The zero-order chi connectivity index (χ0) is 12.9. The van der Waals surface area contributed by atoms with E-state index in [1.165, 1.54) is 44.9 Å². The Morgan fingerprint density at radius 3 is 2.29 bits per heavy atom. The summed E-state index contributed by atoms with van der Waals surface area (Å²) in [7, 11) is 0. The van der Waals surface area contributed by atoms with Crippen molar-refractivity contribution in [3.05, 3.63) is 0 Å². The summed E-state index contributed by atoms with van der Waals surface area (Å²) in [6, 6.07) is 0. The van der Waals surface area contributed by atoms with Gasteiger partial charge in [0, 0.05) is 0 Å². The van der Waals surface area contributed by atoms with Gasteiger partial charge in [0.1, 0.15) is 5.88 Å². The van der Waals surface area contributed by atoms with Crippen molar-refractivity contribution in [3.8, 4) is 0 Å². The molecular formula is C14H27ClO2. The average Bonchev–Trinajstić information content (AvgIpc) is 2.34. The molecule has 0 radical (unpaired) electrons. The maximum Gasteiger partial charge on any atom is 0.320 e. The van der Waals surface area contributed by atoms with Gasteiger partial charge in [-0.15, -0.1) is 11.6 Å². The van der Waals surface area contributed by atoms with Crippen LogP contribution >= 0.6 is 11.6 Å². The first-order valence-corrected chi connectivity index (χ1v) is 7.45. The molecule has 0 amide bonds. The lowest BCUT2D eigenvalue weighted by atomic mass is 10.0. The Kier molecular flexibility index (Phi) is 12.1. The standard InChI is InChI=1S/C14H27ClO2/c1-3-4-5-6-7-8-9-10-13(2)12-17-14(16)11-15/h13H,3-12H2,1-2H3. The van der Waals surface area contributed by atoms with Crippen LogP contribution in [0.25, 0.3) is 0 Å². The average molecular weight is 263 g/mol. The van der Waals surface area contributed by atoms with E-state index in [1.807, 2.05) is 0 Å². The van der Waals surface area contributed by atoms with Crippen molar-refractivity contribution in [1.82, 2.24) is 0 Å². The highest BCUT2D eigenvalue weighted by Gasteiger charge is 2.05. The molecule has 0 bridgehead atoms. The predicted octanol–water partition coefficient (Wildman–Crippen LogP) is 4.55. The van der Waals surface area contributed by atoms with Gasteiger partial charge in [-0.2, -0.15) is 0 Å². The number of rotatable bonds is 11. The second-order valence-electron chi connectivity index (χ2n) is 4.83. The fourth-order valence-corrected chi connectivity index (χ4v) is 1.88. The highest BCUT2D eigenvalue weighted by Crippen LogP contribution is 2.12. The van der Waals surface area contributed by atoms with Crippen LogP contribution in [0.2, 0.25) is 0 Å². The predicted molar refractivity (Wildman–Crippen MR) is 73.5 cm³/mol. The Bertz CT molecular complexity index is 183.